The fraction of sp³-hybridized carbons (Fsp3) is 0.231. The van der Waals surface area contributed by atoms with Gasteiger partial charge in [0.2, 0.25) is 0 Å². The highest BCUT2D eigenvalue weighted by Crippen LogP contribution is 2.36. The van der Waals surface area contributed by atoms with Crippen LogP contribution in [0, 0.1) is 5.82 Å². The number of rotatable bonds is 3. The van der Waals surface area contributed by atoms with Gasteiger partial charge in [-0.3, -0.25) is 0 Å². The van der Waals surface area contributed by atoms with Gasteiger partial charge >= 0.3 is 6.18 Å². The molecule has 20 heavy (non-hydrogen) atoms. The Labute approximate surface area is 112 Å². The van der Waals surface area contributed by atoms with E-state index in [2.05, 4.69) is 15.3 Å². The lowest BCUT2D eigenvalue weighted by atomic mass is 10.1. The molecule has 1 heterocycles. The van der Waals surface area contributed by atoms with Crippen molar-refractivity contribution < 1.29 is 17.6 Å². The molecule has 2 aromatic rings. The van der Waals surface area contributed by atoms with Crippen LogP contribution in [0.1, 0.15) is 11.1 Å². The summed E-state index contributed by atoms with van der Waals surface area (Å²) in [6, 6.07) is 2.24. The van der Waals surface area contributed by atoms with Crippen molar-refractivity contribution in [2.45, 2.75) is 12.7 Å². The number of hydrogen-bond donors (Lipinski definition) is 1. The van der Waals surface area contributed by atoms with Gasteiger partial charge in [-0.25, -0.2) is 14.4 Å². The second-order valence-electron chi connectivity index (χ2n) is 4.13. The van der Waals surface area contributed by atoms with Gasteiger partial charge in [0.15, 0.2) is 5.82 Å². The van der Waals surface area contributed by atoms with Crippen LogP contribution < -0.4 is 5.32 Å². The zero-order valence-electron chi connectivity index (χ0n) is 10.5. The summed E-state index contributed by atoms with van der Waals surface area (Å²) in [4.78, 5) is 7.73. The van der Waals surface area contributed by atoms with E-state index in [9.17, 15) is 17.6 Å². The molecule has 1 aromatic carbocycles. The van der Waals surface area contributed by atoms with Gasteiger partial charge in [0, 0.05) is 30.1 Å². The molecule has 0 fully saturated rings. The van der Waals surface area contributed by atoms with Crippen LogP contribution in [0.5, 0.6) is 0 Å². The molecule has 0 aliphatic carbocycles. The smallest absolute Gasteiger partial charge is 0.316 e. The third-order valence-corrected chi connectivity index (χ3v) is 2.61. The van der Waals surface area contributed by atoms with E-state index in [0.29, 0.717) is 12.6 Å². The molecule has 0 aliphatic heterocycles. The van der Waals surface area contributed by atoms with Crippen LogP contribution in [0.3, 0.4) is 0 Å². The van der Waals surface area contributed by atoms with Crippen molar-refractivity contribution in [3.63, 3.8) is 0 Å². The number of halogens is 4. The monoisotopic (exact) mass is 285 g/mol. The van der Waals surface area contributed by atoms with E-state index in [1.807, 2.05) is 0 Å². The highest BCUT2D eigenvalue weighted by Gasteiger charge is 2.34. The predicted octanol–water partition coefficient (Wildman–Crippen LogP) is 3.02. The molecular formula is C13H11F4N3. The summed E-state index contributed by atoms with van der Waals surface area (Å²) in [5, 5.41) is 2.87. The van der Waals surface area contributed by atoms with Crippen molar-refractivity contribution in [2.24, 2.45) is 0 Å². The van der Waals surface area contributed by atoms with Crippen LogP contribution in [-0.4, -0.2) is 17.0 Å². The molecule has 3 nitrogen and oxygen atoms in total. The lowest BCUT2D eigenvalue weighted by molar-refractivity contribution is -0.137. The van der Waals surface area contributed by atoms with Crippen LogP contribution in [-0.2, 0) is 12.7 Å². The fourth-order valence-electron chi connectivity index (χ4n) is 1.74. The molecule has 0 unspecified atom stereocenters. The van der Waals surface area contributed by atoms with Crippen LogP contribution in [0.15, 0.2) is 30.6 Å². The van der Waals surface area contributed by atoms with Gasteiger partial charge in [0.1, 0.15) is 5.82 Å². The first-order valence-corrected chi connectivity index (χ1v) is 5.74. The van der Waals surface area contributed by atoms with E-state index in [-0.39, 0.29) is 11.4 Å². The zero-order chi connectivity index (χ0) is 14.8. The van der Waals surface area contributed by atoms with Crippen LogP contribution in [0.2, 0.25) is 0 Å². The second-order valence-corrected chi connectivity index (χ2v) is 4.13. The summed E-state index contributed by atoms with van der Waals surface area (Å²) in [5.41, 5.74) is -0.602. The Morgan fingerprint density at radius 3 is 2.35 bits per heavy atom. The van der Waals surface area contributed by atoms with E-state index in [1.54, 1.807) is 7.05 Å². The lowest BCUT2D eigenvalue weighted by Gasteiger charge is -2.12. The Morgan fingerprint density at radius 1 is 1.15 bits per heavy atom. The van der Waals surface area contributed by atoms with E-state index in [1.165, 1.54) is 12.4 Å². The standard InChI is InChI=1S/C13H11F4N3/c1-18-5-8-6-19-12(20-7-8)10-4-9(14)2-3-11(10)13(15,16)17/h2-4,6-7,18H,5H2,1H3. The molecule has 0 saturated carbocycles. The third-order valence-electron chi connectivity index (χ3n) is 2.61. The first-order chi connectivity index (χ1) is 9.41. The Bertz CT molecular complexity index is 594. The minimum absolute atomic E-state index is 0.156. The molecule has 0 radical (unpaired) electrons. The summed E-state index contributed by atoms with van der Waals surface area (Å²) in [7, 11) is 1.72. The van der Waals surface area contributed by atoms with E-state index in [4.69, 9.17) is 0 Å². The summed E-state index contributed by atoms with van der Waals surface area (Å²) < 4.78 is 51.8. The lowest BCUT2D eigenvalue weighted by Crippen LogP contribution is -2.09. The third kappa shape index (κ3) is 3.11. The Hall–Kier alpha value is -2.02. The van der Waals surface area contributed by atoms with Crippen LogP contribution in [0.25, 0.3) is 11.4 Å². The maximum atomic E-state index is 13.2. The molecule has 106 valence electrons. The fourth-order valence-corrected chi connectivity index (χ4v) is 1.74. The van der Waals surface area contributed by atoms with Crippen molar-refractivity contribution in [3.8, 4) is 11.4 Å². The first-order valence-electron chi connectivity index (χ1n) is 5.74. The molecule has 1 N–H and O–H groups in total. The molecule has 1 aromatic heterocycles. The topological polar surface area (TPSA) is 37.8 Å². The summed E-state index contributed by atoms with van der Waals surface area (Å²) in [5.74, 6) is -0.924. The van der Waals surface area contributed by atoms with Gasteiger partial charge in [0.05, 0.1) is 5.56 Å². The Kier molecular flexibility index (Phi) is 3.99. The maximum absolute atomic E-state index is 13.2. The molecule has 0 spiro atoms. The van der Waals surface area contributed by atoms with E-state index in [0.717, 1.165) is 17.7 Å². The van der Waals surface area contributed by atoms with Gasteiger partial charge < -0.3 is 5.32 Å². The first kappa shape index (κ1) is 14.4. The normalized spacial score (nSPS) is 11.7. The number of nitrogens with one attached hydrogen (secondary N) is 1. The van der Waals surface area contributed by atoms with Crippen molar-refractivity contribution in [1.29, 1.82) is 0 Å². The summed E-state index contributed by atoms with van der Waals surface area (Å²) >= 11 is 0. The molecule has 2 rings (SSSR count). The number of hydrogen-bond acceptors (Lipinski definition) is 3. The summed E-state index contributed by atoms with van der Waals surface area (Å²) in [6.45, 7) is 0.496. The maximum Gasteiger partial charge on any atom is 0.417 e. The molecule has 0 bridgehead atoms. The quantitative estimate of drug-likeness (QED) is 0.881. The molecule has 0 saturated heterocycles. The number of nitrogens with zero attached hydrogens (tertiary/aromatic N) is 2. The van der Waals surface area contributed by atoms with Crippen molar-refractivity contribution in [1.82, 2.24) is 15.3 Å². The van der Waals surface area contributed by atoms with Gasteiger partial charge in [-0.15, -0.1) is 0 Å². The number of aromatic nitrogens is 2. The van der Waals surface area contributed by atoms with E-state index >= 15 is 0 Å². The largest absolute Gasteiger partial charge is 0.417 e. The van der Waals surface area contributed by atoms with Crippen molar-refractivity contribution in [3.05, 3.63) is 47.5 Å². The Balaban J connectivity index is 2.48. The van der Waals surface area contributed by atoms with Gasteiger partial charge in [-0.05, 0) is 25.2 Å². The SMILES string of the molecule is CNCc1cnc(-c2cc(F)ccc2C(F)(F)F)nc1. The zero-order valence-corrected chi connectivity index (χ0v) is 10.5. The van der Waals surface area contributed by atoms with Crippen molar-refractivity contribution >= 4 is 0 Å². The average molecular weight is 285 g/mol. The van der Waals surface area contributed by atoms with Gasteiger partial charge in [0.25, 0.3) is 0 Å². The minimum Gasteiger partial charge on any atom is -0.316 e. The second kappa shape index (κ2) is 5.54. The molecule has 0 atom stereocenters. The van der Waals surface area contributed by atoms with Gasteiger partial charge in [-0.1, -0.05) is 0 Å². The molecule has 0 amide bonds. The highest BCUT2D eigenvalue weighted by atomic mass is 19.4. The van der Waals surface area contributed by atoms with E-state index < -0.39 is 17.6 Å². The molecule has 0 aliphatic rings. The van der Waals surface area contributed by atoms with Crippen molar-refractivity contribution in [2.75, 3.05) is 7.05 Å². The molecular weight excluding hydrogens is 274 g/mol. The number of alkyl halides is 3. The average Bonchev–Trinajstić information content (AvgIpc) is 2.38. The molecule has 7 heteroatoms. The number of benzene rings is 1. The predicted molar refractivity (Wildman–Crippen MR) is 65.2 cm³/mol. The highest BCUT2D eigenvalue weighted by molar-refractivity contribution is 5.61. The summed E-state index contributed by atoms with van der Waals surface area (Å²) in [6.07, 6.45) is -1.77. The van der Waals surface area contributed by atoms with Crippen LogP contribution in [0.4, 0.5) is 17.6 Å². The minimum atomic E-state index is -4.59. The van der Waals surface area contributed by atoms with Crippen LogP contribution >= 0.6 is 0 Å². The van der Waals surface area contributed by atoms with Gasteiger partial charge in [-0.2, -0.15) is 13.2 Å². The Morgan fingerprint density at radius 2 is 1.80 bits per heavy atom.